The topological polar surface area (TPSA) is 362 Å². The molecule has 0 saturated carbocycles. The van der Waals surface area contributed by atoms with E-state index in [1.807, 2.05) is 0 Å². The maximum Gasteiger partial charge on any atom is 0.408 e. The highest BCUT2D eigenvalue weighted by molar-refractivity contribution is 5.81. The van der Waals surface area contributed by atoms with Crippen molar-refractivity contribution in [3.63, 3.8) is 0 Å². The molecule has 318 valence electrons. The fourth-order valence-electron chi connectivity index (χ4n) is 5.96. The van der Waals surface area contributed by atoms with Crippen molar-refractivity contribution in [2.45, 2.75) is 118 Å². The zero-order valence-electron chi connectivity index (χ0n) is 29.8. The van der Waals surface area contributed by atoms with Crippen molar-refractivity contribution in [1.82, 2.24) is 10.6 Å². The van der Waals surface area contributed by atoms with Crippen molar-refractivity contribution in [2.24, 2.45) is 0 Å². The molecule has 0 bridgehead atoms. The molecule has 3 heterocycles. The van der Waals surface area contributed by atoms with Crippen molar-refractivity contribution >= 4 is 18.0 Å². The molecule has 16 atom stereocenters. The van der Waals surface area contributed by atoms with Crippen LogP contribution in [0.2, 0.25) is 0 Å². The molecule has 56 heavy (non-hydrogen) atoms. The number of rotatable bonds is 18. The Hall–Kier alpha value is -3.21. The predicted octanol–water partition coefficient (Wildman–Crippen LogP) is -6.27. The van der Waals surface area contributed by atoms with Gasteiger partial charge in [0.05, 0.1) is 26.4 Å². The van der Waals surface area contributed by atoms with E-state index in [4.69, 9.17) is 33.2 Å². The van der Waals surface area contributed by atoms with E-state index in [1.165, 1.54) is 0 Å². The Morgan fingerprint density at radius 1 is 0.696 bits per heavy atom. The molecule has 0 radical (unpaired) electrons. The predicted molar refractivity (Wildman–Crippen MR) is 178 cm³/mol. The fourth-order valence-corrected chi connectivity index (χ4v) is 5.96. The van der Waals surface area contributed by atoms with E-state index in [1.54, 1.807) is 30.3 Å². The standard InChI is InChI=1S/C33H50N2O21/c36-10-16-20(39)23(42)25(44)30(53-16)51-13-18-22(41)28(56-32-26(45)24(43)21(40)17(11-37)54-32)27(46)31(55-18)50-9-8-34-19(38)7-6-15(29(47)48)35-33(49)52-12-14-4-2-1-3-5-14/h1-5,15-18,20-28,30-32,36-37,39-46H,6-13H2,(H,34,38)(H,35,49)(H,47,48)/t15-,16+,17+,18+,20+,21+,22+,23-,24-,25-,26-,27-,28-,30-,31-,32+/m0/s1. The van der Waals surface area contributed by atoms with E-state index in [9.17, 15) is 70.6 Å². The number of carboxylic acid groups (broad SMARTS) is 1. The average molecular weight is 811 g/mol. The quantitative estimate of drug-likeness (QED) is 0.0613. The lowest BCUT2D eigenvalue weighted by Gasteiger charge is -2.46. The van der Waals surface area contributed by atoms with Gasteiger partial charge in [-0.1, -0.05) is 30.3 Å². The molecule has 0 spiro atoms. The highest BCUT2D eigenvalue weighted by atomic mass is 16.7. The summed E-state index contributed by atoms with van der Waals surface area (Å²) in [5, 5.41) is 117. The largest absolute Gasteiger partial charge is 0.480 e. The lowest BCUT2D eigenvalue weighted by molar-refractivity contribution is -0.366. The fraction of sp³-hybridized carbons (Fsp3) is 0.727. The molecule has 3 fully saturated rings. The van der Waals surface area contributed by atoms with E-state index < -0.39 is 136 Å². The first-order valence-corrected chi connectivity index (χ1v) is 17.6. The van der Waals surface area contributed by atoms with Gasteiger partial charge in [-0.15, -0.1) is 0 Å². The summed E-state index contributed by atoms with van der Waals surface area (Å²) in [6.45, 7) is -2.97. The third-order valence-corrected chi connectivity index (χ3v) is 9.22. The van der Waals surface area contributed by atoms with Gasteiger partial charge in [0.1, 0.15) is 85.9 Å². The molecule has 3 saturated heterocycles. The Balaban J connectivity index is 1.33. The van der Waals surface area contributed by atoms with Crippen molar-refractivity contribution in [1.29, 1.82) is 0 Å². The lowest BCUT2D eigenvalue weighted by atomic mass is 9.96. The molecule has 3 aliphatic heterocycles. The van der Waals surface area contributed by atoms with Gasteiger partial charge in [0.2, 0.25) is 5.91 Å². The molecule has 4 rings (SSSR count). The maximum atomic E-state index is 12.5. The molecule has 0 aromatic heterocycles. The Morgan fingerprint density at radius 3 is 1.88 bits per heavy atom. The van der Waals surface area contributed by atoms with Crippen LogP contribution in [0.15, 0.2) is 30.3 Å². The van der Waals surface area contributed by atoms with Gasteiger partial charge >= 0.3 is 12.1 Å². The minimum atomic E-state index is -1.94. The first kappa shape index (κ1) is 45.5. The van der Waals surface area contributed by atoms with E-state index in [2.05, 4.69) is 10.6 Å². The summed E-state index contributed by atoms with van der Waals surface area (Å²) in [4.78, 5) is 36.3. The van der Waals surface area contributed by atoms with Crippen LogP contribution in [-0.4, -0.2) is 205 Å². The van der Waals surface area contributed by atoms with Gasteiger partial charge in [0.25, 0.3) is 0 Å². The molecule has 23 heteroatoms. The first-order valence-electron chi connectivity index (χ1n) is 17.6. The summed E-state index contributed by atoms with van der Waals surface area (Å²) >= 11 is 0. The summed E-state index contributed by atoms with van der Waals surface area (Å²) < 4.78 is 38.0. The number of hydrogen-bond acceptors (Lipinski definition) is 20. The zero-order chi connectivity index (χ0) is 41.1. The Kier molecular flexibility index (Phi) is 17.5. The summed E-state index contributed by atoms with van der Waals surface area (Å²) in [5.74, 6) is -2.05. The van der Waals surface area contributed by atoms with Crippen LogP contribution in [0.5, 0.6) is 0 Å². The molecule has 0 aliphatic carbocycles. The number of aliphatic carboxylic acids is 1. The second-order valence-corrected chi connectivity index (χ2v) is 13.2. The number of ether oxygens (including phenoxy) is 7. The molecule has 1 aromatic rings. The molecular formula is C33H50N2O21. The Bertz CT molecular complexity index is 1380. The average Bonchev–Trinajstić information content (AvgIpc) is 3.19. The maximum absolute atomic E-state index is 12.5. The molecule has 2 amide bonds. The Labute approximate surface area is 318 Å². The third-order valence-electron chi connectivity index (χ3n) is 9.22. The normalized spacial score (nSPS) is 36.6. The van der Waals surface area contributed by atoms with Crippen molar-refractivity contribution < 1.29 is 104 Å². The number of aliphatic hydroxyl groups is 10. The van der Waals surface area contributed by atoms with E-state index in [0.29, 0.717) is 5.56 Å². The summed E-state index contributed by atoms with van der Waals surface area (Å²) in [6, 6.07) is 7.19. The SMILES string of the molecule is O=C(CC[C@H](NC(=O)OCc1ccccc1)C(=O)O)NCCO[C@H]1O[C@H](CO[C@H]2O[C@H](CO)[C@@H](O)[C@H](O)[C@@H]2O)[C@@H](O)[C@H](O[C@H]2O[C@H](CO)[C@@H](O)[C@H](O)[C@@H]2O)[C@@H]1O. The van der Waals surface area contributed by atoms with Crippen molar-refractivity contribution in [2.75, 3.05) is 33.0 Å². The van der Waals surface area contributed by atoms with E-state index in [-0.39, 0.29) is 32.6 Å². The van der Waals surface area contributed by atoms with Gasteiger partial charge in [-0.2, -0.15) is 0 Å². The van der Waals surface area contributed by atoms with Crippen LogP contribution < -0.4 is 10.6 Å². The van der Waals surface area contributed by atoms with Crippen molar-refractivity contribution in [3.8, 4) is 0 Å². The third kappa shape index (κ3) is 11.9. The van der Waals surface area contributed by atoms with Gasteiger partial charge in [0.15, 0.2) is 18.9 Å². The minimum absolute atomic E-state index is 0.107. The first-order chi connectivity index (χ1) is 26.7. The number of aliphatic hydroxyl groups excluding tert-OH is 10. The van der Waals surface area contributed by atoms with Gasteiger partial charge in [-0.25, -0.2) is 9.59 Å². The highest BCUT2D eigenvalue weighted by Gasteiger charge is 2.52. The zero-order valence-corrected chi connectivity index (χ0v) is 29.8. The number of carboxylic acids is 1. The number of carbonyl (C=O) groups excluding carboxylic acids is 2. The summed E-state index contributed by atoms with van der Waals surface area (Å²) in [7, 11) is 0. The van der Waals surface area contributed by atoms with E-state index >= 15 is 0 Å². The minimum Gasteiger partial charge on any atom is -0.480 e. The van der Waals surface area contributed by atoms with Crippen LogP contribution in [0.1, 0.15) is 18.4 Å². The lowest BCUT2D eigenvalue weighted by Crippen LogP contribution is -2.65. The van der Waals surface area contributed by atoms with Gasteiger partial charge in [0, 0.05) is 13.0 Å². The smallest absolute Gasteiger partial charge is 0.408 e. The number of nitrogens with one attached hydrogen (secondary N) is 2. The van der Waals surface area contributed by atoms with Crippen LogP contribution >= 0.6 is 0 Å². The molecule has 1 aromatic carbocycles. The van der Waals surface area contributed by atoms with Crippen LogP contribution in [0, 0.1) is 0 Å². The van der Waals surface area contributed by atoms with Gasteiger partial charge in [-0.05, 0) is 12.0 Å². The molecule has 13 N–H and O–H groups in total. The van der Waals surface area contributed by atoms with Crippen molar-refractivity contribution in [3.05, 3.63) is 35.9 Å². The van der Waals surface area contributed by atoms with Crippen LogP contribution in [0.25, 0.3) is 0 Å². The molecule has 23 nitrogen and oxygen atoms in total. The molecule has 3 aliphatic rings. The Morgan fingerprint density at radius 2 is 1.27 bits per heavy atom. The number of amides is 2. The van der Waals surface area contributed by atoms with Gasteiger partial charge in [-0.3, -0.25) is 4.79 Å². The van der Waals surface area contributed by atoms with Crippen LogP contribution in [0.4, 0.5) is 4.79 Å². The van der Waals surface area contributed by atoms with E-state index in [0.717, 1.165) is 0 Å². The summed E-state index contributed by atoms with van der Waals surface area (Å²) in [6.07, 6.45) is -27.5. The number of carbonyl (C=O) groups is 3. The number of alkyl carbamates (subject to hydrolysis) is 1. The van der Waals surface area contributed by atoms with Gasteiger partial charge < -0.3 is 100.0 Å². The number of benzene rings is 1. The van der Waals surface area contributed by atoms with Crippen LogP contribution in [-0.2, 0) is 49.4 Å². The second kappa shape index (κ2) is 21.5. The number of hydrogen-bond donors (Lipinski definition) is 13. The highest BCUT2D eigenvalue weighted by Crippen LogP contribution is 2.31. The second-order valence-electron chi connectivity index (χ2n) is 13.2. The molecule has 0 unspecified atom stereocenters. The molecular weight excluding hydrogens is 760 g/mol. The summed E-state index contributed by atoms with van der Waals surface area (Å²) in [5.41, 5.74) is 0.673. The van der Waals surface area contributed by atoms with Crippen LogP contribution in [0.3, 0.4) is 0 Å². The monoisotopic (exact) mass is 810 g/mol.